The number of hydrogen-bond donors (Lipinski definition) is 1. The van der Waals surface area contributed by atoms with Gasteiger partial charge in [0, 0.05) is 5.56 Å². The van der Waals surface area contributed by atoms with E-state index < -0.39 is 10.0 Å². The normalized spacial score (nSPS) is 11.6. The van der Waals surface area contributed by atoms with Crippen LogP contribution in [0.1, 0.15) is 5.89 Å². The highest BCUT2D eigenvalue weighted by molar-refractivity contribution is 9.10. The average Bonchev–Trinajstić information content (AvgIpc) is 3.25. The number of halogens is 1. The standard InChI is InChI=1S/C14H12BrN3O4S2/c1-21-11-5-4-9(7-10(11)15)14-18-17-12(22-14)8-16-24(19,20)13-3-2-6-23-13/h2-7,16H,8H2,1H3. The second-order valence-corrected chi connectivity index (χ2v) is 8.40. The van der Waals surface area contributed by atoms with Crippen molar-refractivity contribution in [2.24, 2.45) is 0 Å². The quantitative estimate of drug-likeness (QED) is 0.646. The number of nitrogens with zero attached hydrogens (tertiary/aromatic N) is 2. The van der Waals surface area contributed by atoms with Crippen LogP contribution in [0.5, 0.6) is 5.75 Å². The zero-order valence-corrected chi connectivity index (χ0v) is 15.6. The molecule has 0 aliphatic heterocycles. The highest BCUT2D eigenvalue weighted by atomic mass is 79.9. The molecule has 0 saturated carbocycles. The van der Waals surface area contributed by atoms with E-state index in [9.17, 15) is 8.42 Å². The summed E-state index contributed by atoms with van der Waals surface area (Å²) in [5, 5.41) is 9.49. The number of thiophene rings is 1. The van der Waals surface area contributed by atoms with Crippen LogP contribution in [0.15, 0.2) is 48.8 Å². The lowest BCUT2D eigenvalue weighted by molar-refractivity contribution is 0.412. The van der Waals surface area contributed by atoms with Crippen molar-refractivity contribution in [1.82, 2.24) is 14.9 Å². The predicted molar refractivity (Wildman–Crippen MR) is 92.3 cm³/mol. The summed E-state index contributed by atoms with van der Waals surface area (Å²) >= 11 is 4.52. The van der Waals surface area contributed by atoms with E-state index >= 15 is 0 Å². The van der Waals surface area contributed by atoms with Gasteiger partial charge in [0.15, 0.2) is 0 Å². The molecule has 0 fully saturated rings. The maximum atomic E-state index is 12.0. The predicted octanol–water partition coefficient (Wildman–Crippen LogP) is 3.05. The van der Waals surface area contributed by atoms with Crippen molar-refractivity contribution in [3.05, 3.63) is 46.1 Å². The van der Waals surface area contributed by atoms with E-state index in [1.807, 2.05) is 0 Å². The van der Waals surface area contributed by atoms with Gasteiger partial charge in [0.1, 0.15) is 9.96 Å². The first kappa shape index (κ1) is 17.1. The number of aromatic nitrogens is 2. The van der Waals surface area contributed by atoms with Crippen LogP contribution in [0.4, 0.5) is 0 Å². The fraction of sp³-hybridized carbons (Fsp3) is 0.143. The molecule has 7 nitrogen and oxygen atoms in total. The van der Waals surface area contributed by atoms with Crippen molar-refractivity contribution in [3.8, 4) is 17.2 Å². The number of ether oxygens (including phenoxy) is 1. The molecular formula is C14H12BrN3O4S2. The summed E-state index contributed by atoms with van der Waals surface area (Å²) in [7, 11) is -2.00. The molecule has 24 heavy (non-hydrogen) atoms. The van der Waals surface area contributed by atoms with Crippen LogP contribution in [0, 0.1) is 0 Å². The molecule has 0 radical (unpaired) electrons. The van der Waals surface area contributed by atoms with E-state index in [2.05, 4.69) is 30.8 Å². The Hall–Kier alpha value is -1.75. The molecule has 0 atom stereocenters. The van der Waals surface area contributed by atoms with Gasteiger partial charge in [0.25, 0.3) is 10.0 Å². The molecule has 0 spiro atoms. The fourth-order valence-electron chi connectivity index (χ4n) is 1.89. The van der Waals surface area contributed by atoms with Gasteiger partial charge in [-0.15, -0.1) is 21.5 Å². The SMILES string of the molecule is COc1ccc(-c2nnc(CNS(=O)(=O)c3cccs3)o2)cc1Br. The lowest BCUT2D eigenvalue weighted by Crippen LogP contribution is -2.22. The Kier molecular flexibility index (Phi) is 4.99. The Bertz CT molecular complexity index is 939. The maximum absolute atomic E-state index is 12.0. The molecule has 0 saturated heterocycles. The van der Waals surface area contributed by atoms with Gasteiger partial charge in [-0.1, -0.05) is 6.07 Å². The van der Waals surface area contributed by atoms with E-state index in [0.717, 1.165) is 15.8 Å². The molecule has 0 amide bonds. The summed E-state index contributed by atoms with van der Waals surface area (Å²) < 4.78 is 38.2. The van der Waals surface area contributed by atoms with E-state index in [1.165, 1.54) is 6.07 Å². The molecule has 1 aromatic carbocycles. The van der Waals surface area contributed by atoms with Crippen LogP contribution >= 0.6 is 27.3 Å². The molecule has 0 bridgehead atoms. The number of rotatable bonds is 6. The number of sulfonamides is 1. The van der Waals surface area contributed by atoms with Crippen LogP contribution in [-0.4, -0.2) is 25.7 Å². The Morgan fingerprint density at radius 1 is 1.33 bits per heavy atom. The van der Waals surface area contributed by atoms with Crippen LogP contribution in [-0.2, 0) is 16.6 Å². The van der Waals surface area contributed by atoms with Gasteiger partial charge in [-0.2, -0.15) is 0 Å². The maximum Gasteiger partial charge on any atom is 0.250 e. The fourth-order valence-corrected chi connectivity index (χ4v) is 4.44. The third-order valence-corrected chi connectivity index (χ3v) is 6.46. The summed E-state index contributed by atoms with van der Waals surface area (Å²) in [4.78, 5) is 0. The minimum absolute atomic E-state index is 0.0788. The van der Waals surface area contributed by atoms with E-state index in [1.54, 1.807) is 36.8 Å². The second-order valence-electron chi connectivity index (χ2n) is 4.61. The molecule has 3 rings (SSSR count). The summed E-state index contributed by atoms with van der Waals surface area (Å²) in [5.41, 5.74) is 0.697. The summed E-state index contributed by atoms with van der Waals surface area (Å²) in [6.07, 6.45) is 0. The van der Waals surface area contributed by atoms with E-state index in [4.69, 9.17) is 9.15 Å². The first-order valence-corrected chi connectivity index (χ1v) is 9.84. The van der Waals surface area contributed by atoms with Gasteiger partial charge in [0.05, 0.1) is 18.1 Å². The van der Waals surface area contributed by atoms with Crippen LogP contribution < -0.4 is 9.46 Å². The number of benzene rings is 1. The largest absolute Gasteiger partial charge is 0.496 e. The Labute approximate surface area is 150 Å². The van der Waals surface area contributed by atoms with Gasteiger partial charge < -0.3 is 9.15 Å². The second kappa shape index (κ2) is 7.01. The molecule has 3 aromatic rings. The third-order valence-electron chi connectivity index (χ3n) is 3.04. The van der Waals surface area contributed by atoms with Crippen molar-refractivity contribution in [2.75, 3.05) is 7.11 Å². The van der Waals surface area contributed by atoms with Gasteiger partial charge >= 0.3 is 0 Å². The van der Waals surface area contributed by atoms with Crippen LogP contribution in [0.2, 0.25) is 0 Å². The molecule has 0 unspecified atom stereocenters. The molecule has 126 valence electrons. The van der Waals surface area contributed by atoms with Gasteiger partial charge in [0.2, 0.25) is 11.8 Å². The zero-order chi connectivity index (χ0) is 17.2. The van der Waals surface area contributed by atoms with Crippen LogP contribution in [0.3, 0.4) is 0 Å². The van der Waals surface area contributed by atoms with E-state index in [-0.39, 0.29) is 16.6 Å². The lowest BCUT2D eigenvalue weighted by Gasteiger charge is -2.03. The van der Waals surface area contributed by atoms with Crippen LogP contribution in [0.25, 0.3) is 11.5 Å². The van der Waals surface area contributed by atoms with Crippen molar-refractivity contribution >= 4 is 37.3 Å². The molecule has 0 aliphatic carbocycles. The first-order valence-electron chi connectivity index (χ1n) is 6.69. The Balaban J connectivity index is 1.73. The average molecular weight is 430 g/mol. The molecular weight excluding hydrogens is 418 g/mol. The van der Waals surface area contributed by atoms with Crippen molar-refractivity contribution < 1.29 is 17.6 Å². The smallest absolute Gasteiger partial charge is 0.250 e. The Morgan fingerprint density at radius 2 is 2.17 bits per heavy atom. The summed E-state index contributed by atoms with van der Waals surface area (Å²) in [6, 6.07) is 8.53. The zero-order valence-electron chi connectivity index (χ0n) is 12.4. The minimum atomic E-state index is -3.57. The molecule has 10 heteroatoms. The third kappa shape index (κ3) is 3.66. The molecule has 2 aromatic heterocycles. The number of hydrogen-bond acceptors (Lipinski definition) is 7. The highest BCUT2D eigenvalue weighted by Crippen LogP contribution is 2.29. The summed E-state index contributed by atoms with van der Waals surface area (Å²) in [5.74, 6) is 1.16. The topological polar surface area (TPSA) is 94.3 Å². The number of nitrogens with one attached hydrogen (secondary N) is 1. The van der Waals surface area contributed by atoms with Crippen molar-refractivity contribution in [3.63, 3.8) is 0 Å². The first-order chi connectivity index (χ1) is 11.5. The van der Waals surface area contributed by atoms with E-state index in [0.29, 0.717) is 17.2 Å². The minimum Gasteiger partial charge on any atom is -0.496 e. The van der Waals surface area contributed by atoms with Gasteiger partial charge in [-0.25, -0.2) is 13.1 Å². The van der Waals surface area contributed by atoms with Crippen molar-refractivity contribution in [2.45, 2.75) is 10.8 Å². The lowest BCUT2D eigenvalue weighted by atomic mass is 10.2. The Morgan fingerprint density at radius 3 is 2.83 bits per heavy atom. The molecule has 2 heterocycles. The summed E-state index contributed by atoms with van der Waals surface area (Å²) in [6.45, 7) is -0.0788. The highest BCUT2D eigenvalue weighted by Gasteiger charge is 2.17. The number of methoxy groups -OCH3 is 1. The van der Waals surface area contributed by atoms with Gasteiger partial charge in [-0.3, -0.25) is 0 Å². The molecule has 0 aliphatic rings. The van der Waals surface area contributed by atoms with Crippen molar-refractivity contribution in [1.29, 1.82) is 0 Å². The van der Waals surface area contributed by atoms with Gasteiger partial charge in [-0.05, 0) is 45.6 Å². The monoisotopic (exact) mass is 429 g/mol. The molecule has 1 N–H and O–H groups in total.